The van der Waals surface area contributed by atoms with Crippen molar-refractivity contribution in [2.45, 2.75) is 25.3 Å². The van der Waals surface area contributed by atoms with Crippen molar-refractivity contribution in [3.8, 4) is 10.6 Å². The first kappa shape index (κ1) is 18.1. The Labute approximate surface area is 156 Å². The molecule has 0 fully saturated rings. The van der Waals surface area contributed by atoms with Crippen LogP contribution in [-0.2, 0) is 16.6 Å². The van der Waals surface area contributed by atoms with E-state index in [1.807, 2.05) is 37.3 Å². The second kappa shape index (κ2) is 7.25. The molecule has 0 aliphatic heterocycles. The fourth-order valence-electron chi connectivity index (χ4n) is 2.40. The van der Waals surface area contributed by atoms with Crippen LogP contribution in [0, 0.1) is 13.8 Å². The first-order valence-corrected chi connectivity index (χ1v) is 10.3. The maximum atomic E-state index is 12.6. The van der Waals surface area contributed by atoms with Gasteiger partial charge in [-0.1, -0.05) is 48.0 Å². The van der Waals surface area contributed by atoms with Crippen molar-refractivity contribution in [3.05, 3.63) is 69.7 Å². The van der Waals surface area contributed by atoms with E-state index in [1.54, 1.807) is 19.1 Å². The van der Waals surface area contributed by atoms with Gasteiger partial charge in [-0.25, -0.2) is 18.1 Å². The van der Waals surface area contributed by atoms with E-state index in [0.717, 1.165) is 21.1 Å². The van der Waals surface area contributed by atoms with Gasteiger partial charge in [-0.05, 0) is 31.5 Å². The quantitative estimate of drug-likeness (QED) is 0.692. The molecular formula is C18H17ClN2O2S2. The number of hydrogen-bond acceptors (Lipinski definition) is 4. The van der Waals surface area contributed by atoms with E-state index < -0.39 is 10.0 Å². The average Bonchev–Trinajstić information content (AvgIpc) is 2.97. The highest BCUT2D eigenvalue weighted by molar-refractivity contribution is 7.89. The van der Waals surface area contributed by atoms with Gasteiger partial charge in [0.25, 0.3) is 0 Å². The van der Waals surface area contributed by atoms with Gasteiger partial charge < -0.3 is 0 Å². The highest BCUT2D eigenvalue weighted by Gasteiger charge is 2.18. The Hall–Kier alpha value is -1.73. The van der Waals surface area contributed by atoms with Crippen LogP contribution in [0.3, 0.4) is 0 Å². The number of sulfonamides is 1. The van der Waals surface area contributed by atoms with E-state index >= 15 is 0 Å². The number of thiazole rings is 1. The van der Waals surface area contributed by atoms with Crippen molar-refractivity contribution in [3.63, 3.8) is 0 Å². The van der Waals surface area contributed by atoms with Crippen LogP contribution >= 0.6 is 22.9 Å². The number of halogens is 1. The lowest BCUT2D eigenvalue weighted by molar-refractivity contribution is 0.581. The lowest BCUT2D eigenvalue weighted by Gasteiger charge is -2.09. The topological polar surface area (TPSA) is 59.1 Å². The van der Waals surface area contributed by atoms with Crippen LogP contribution < -0.4 is 4.72 Å². The molecule has 7 heteroatoms. The van der Waals surface area contributed by atoms with Gasteiger partial charge in [-0.15, -0.1) is 11.3 Å². The molecule has 0 amide bonds. The lowest BCUT2D eigenvalue weighted by atomic mass is 10.2. The smallest absolute Gasteiger partial charge is 0.241 e. The molecule has 3 aromatic rings. The highest BCUT2D eigenvalue weighted by atomic mass is 35.5. The third kappa shape index (κ3) is 4.10. The summed E-state index contributed by atoms with van der Waals surface area (Å²) in [5.74, 6) is 0. The predicted molar refractivity (Wildman–Crippen MR) is 103 cm³/mol. The fourth-order valence-corrected chi connectivity index (χ4v) is 5.00. The zero-order valence-corrected chi connectivity index (χ0v) is 16.2. The molecule has 0 spiro atoms. The van der Waals surface area contributed by atoms with Gasteiger partial charge in [-0.3, -0.25) is 0 Å². The minimum absolute atomic E-state index is 0.199. The minimum Gasteiger partial charge on any atom is -0.241 e. The monoisotopic (exact) mass is 392 g/mol. The molecule has 1 aromatic heterocycles. The molecule has 1 heterocycles. The zero-order valence-electron chi connectivity index (χ0n) is 13.8. The number of rotatable bonds is 5. The molecular weight excluding hydrogens is 376 g/mol. The minimum atomic E-state index is -3.64. The molecule has 0 radical (unpaired) electrons. The number of hydrogen-bond donors (Lipinski definition) is 1. The number of aromatic nitrogens is 1. The Bertz CT molecular complexity index is 999. The molecule has 0 saturated heterocycles. The van der Waals surface area contributed by atoms with Gasteiger partial charge in [0.1, 0.15) is 5.01 Å². The number of aryl methyl sites for hydroxylation is 2. The first-order chi connectivity index (χ1) is 11.9. The van der Waals surface area contributed by atoms with Crippen LogP contribution in [0.2, 0.25) is 5.02 Å². The SMILES string of the molecule is Cc1ccc(Cl)cc1S(=O)(=O)NCc1sc(-c2ccccc2)nc1C. The number of benzene rings is 2. The van der Waals surface area contributed by atoms with Gasteiger partial charge in [0.05, 0.1) is 10.6 Å². The molecule has 0 aliphatic rings. The maximum absolute atomic E-state index is 12.6. The Morgan fingerprint density at radius 1 is 1.12 bits per heavy atom. The zero-order chi connectivity index (χ0) is 18.0. The highest BCUT2D eigenvalue weighted by Crippen LogP contribution is 2.28. The summed E-state index contributed by atoms with van der Waals surface area (Å²) < 4.78 is 27.8. The Kier molecular flexibility index (Phi) is 5.24. The lowest BCUT2D eigenvalue weighted by Crippen LogP contribution is -2.23. The van der Waals surface area contributed by atoms with Crippen molar-refractivity contribution >= 4 is 33.0 Å². The van der Waals surface area contributed by atoms with E-state index in [1.165, 1.54) is 17.4 Å². The van der Waals surface area contributed by atoms with Crippen molar-refractivity contribution in [1.82, 2.24) is 9.71 Å². The van der Waals surface area contributed by atoms with E-state index in [2.05, 4.69) is 9.71 Å². The predicted octanol–water partition coefficient (Wildman–Crippen LogP) is 4.56. The van der Waals surface area contributed by atoms with Crippen molar-refractivity contribution in [1.29, 1.82) is 0 Å². The second-order valence-corrected chi connectivity index (χ2v) is 8.88. The summed E-state index contributed by atoms with van der Waals surface area (Å²) in [5, 5.41) is 1.28. The van der Waals surface area contributed by atoms with Crippen molar-refractivity contribution in [2.75, 3.05) is 0 Å². The number of nitrogens with zero attached hydrogens (tertiary/aromatic N) is 1. The third-order valence-electron chi connectivity index (χ3n) is 3.78. The fraction of sp³-hybridized carbons (Fsp3) is 0.167. The Morgan fingerprint density at radius 2 is 1.84 bits per heavy atom. The summed E-state index contributed by atoms with van der Waals surface area (Å²) >= 11 is 7.43. The molecule has 0 atom stereocenters. The number of nitrogens with one attached hydrogen (secondary N) is 1. The van der Waals surface area contributed by atoms with Crippen LogP contribution in [0.1, 0.15) is 16.1 Å². The van der Waals surface area contributed by atoms with Gasteiger partial charge in [-0.2, -0.15) is 0 Å². The summed E-state index contributed by atoms with van der Waals surface area (Å²) in [6.07, 6.45) is 0. The normalized spacial score (nSPS) is 11.6. The molecule has 1 N–H and O–H groups in total. The summed E-state index contributed by atoms with van der Waals surface area (Å²) in [5.41, 5.74) is 2.51. The Morgan fingerprint density at radius 3 is 2.56 bits per heavy atom. The molecule has 2 aromatic carbocycles. The molecule has 0 saturated carbocycles. The Balaban J connectivity index is 1.82. The van der Waals surface area contributed by atoms with Crippen LogP contribution in [0.15, 0.2) is 53.4 Å². The van der Waals surface area contributed by atoms with Crippen molar-refractivity contribution in [2.24, 2.45) is 0 Å². The molecule has 4 nitrogen and oxygen atoms in total. The summed E-state index contributed by atoms with van der Waals surface area (Å²) in [6, 6.07) is 14.7. The van der Waals surface area contributed by atoms with Crippen LogP contribution in [0.4, 0.5) is 0 Å². The van der Waals surface area contributed by atoms with E-state index in [4.69, 9.17) is 11.6 Å². The largest absolute Gasteiger partial charge is 0.241 e. The van der Waals surface area contributed by atoms with Gasteiger partial charge >= 0.3 is 0 Å². The molecule has 0 bridgehead atoms. The molecule has 3 rings (SSSR count). The first-order valence-electron chi connectivity index (χ1n) is 7.64. The maximum Gasteiger partial charge on any atom is 0.241 e. The van der Waals surface area contributed by atoms with Crippen LogP contribution in [0.5, 0.6) is 0 Å². The van der Waals surface area contributed by atoms with Crippen molar-refractivity contribution < 1.29 is 8.42 Å². The summed E-state index contributed by atoms with van der Waals surface area (Å²) in [6.45, 7) is 3.83. The van der Waals surface area contributed by atoms with Gasteiger partial charge in [0, 0.05) is 22.0 Å². The van der Waals surface area contributed by atoms with Crippen LogP contribution in [0.25, 0.3) is 10.6 Å². The molecule has 130 valence electrons. The van der Waals surface area contributed by atoms with Gasteiger partial charge in [0.15, 0.2) is 0 Å². The third-order valence-corrected chi connectivity index (χ3v) is 6.76. The average molecular weight is 393 g/mol. The van der Waals surface area contributed by atoms with E-state index in [9.17, 15) is 8.42 Å². The van der Waals surface area contributed by atoms with E-state index in [-0.39, 0.29) is 11.4 Å². The standard InChI is InChI=1S/C18H17ClN2O2S2/c1-12-8-9-15(19)10-17(12)25(22,23)20-11-16-13(2)21-18(24-16)14-6-4-3-5-7-14/h3-10,20H,11H2,1-2H3. The van der Waals surface area contributed by atoms with Crippen LogP contribution in [-0.4, -0.2) is 13.4 Å². The molecule has 0 aliphatic carbocycles. The summed E-state index contributed by atoms with van der Waals surface area (Å²) in [7, 11) is -3.64. The molecule has 0 unspecified atom stereocenters. The molecule has 25 heavy (non-hydrogen) atoms. The van der Waals surface area contributed by atoms with E-state index in [0.29, 0.717) is 10.6 Å². The summed E-state index contributed by atoms with van der Waals surface area (Å²) in [4.78, 5) is 5.64. The van der Waals surface area contributed by atoms with Gasteiger partial charge in [0.2, 0.25) is 10.0 Å². The second-order valence-electron chi connectivity index (χ2n) is 5.63.